The standard InChI is InChI=1S/C18H16Cl2O2/c1-21-13-7-11-12(8-14(13)22-2)16-10-6-4-3-5-9(10)15(11)17(19)18(16)20/h3-8,15-18H,1-2H3/t15-,16-,17-,18+/m1/s1. The largest absolute Gasteiger partial charge is 0.493 e. The molecule has 114 valence electrons. The molecule has 4 heteroatoms. The number of hydrogen-bond acceptors (Lipinski definition) is 2. The zero-order valence-electron chi connectivity index (χ0n) is 12.3. The average molecular weight is 335 g/mol. The molecule has 0 saturated carbocycles. The van der Waals surface area contributed by atoms with Gasteiger partial charge < -0.3 is 9.47 Å². The van der Waals surface area contributed by atoms with Crippen LogP contribution in [0.3, 0.4) is 0 Å². The van der Waals surface area contributed by atoms with E-state index in [0.29, 0.717) is 0 Å². The fourth-order valence-corrected chi connectivity index (χ4v) is 4.75. The lowest BCUT2D eigenvalue weighted by Crippen LogP contribution is -2.41. The van der Waals surface area contributed by atoms with E-state index in [1.807, 2.05) is 0 Å². The molecule has 0 N–H and O–H groups in total. The van der Waals surface area contributed by atoms with Crippen LogP contribution < -0.4 is 9.47 Å². The highest BCUT2D eigenvalue weighted by molar-refractivity contribution is 6.31. The highest BCUT2D eigenvalue weighted by Crippen LogP contribution is 2.57. The zero-order valence-corrected chi connectivity index (χ0v) is 13.9. The fraction of sp³-hybridized carbons (Fsp3) is 0.333. The number of alkyl halides is 2. The smallest absolute Gasteiger partial charge is 0.161 e. The number of halogens is 2. The average Bonchev–Trinajstić information content (AvgIpc) is 2.56. The molecule has 0 aromatic heterocycles. The van der Waals surface area contributed by atoms with Crippen LogP contribution in [0, 0.1) is 0 Å². The van der Waals surface area contributed by atoms with Gasteiger partial charge in [0.05, 0.1) is 25.0 Å². The Labute approximate surface area is 140 Å². The molecule has 0 fully saturated rings. The van der Waals surface area contributed by atoms with E-state index in [4.69, 9.17) is 32.7 Å². The zero-order chi connectivity index (χ0) is 15.4. The van der Waals surface area contributed by atoms with Gasteiger partial charge in [0.2, 0.25) is 0 Å². The number of rotatable bonds is 2. The summed E-state index contributed by atoms with van der Waals surface area (Å²) in [5.74, 6) is 1.67. The first-order chi connectivity index (χ1) is 10.7. The van der Waals surface area contributed by atoms with Crippen molar-refractivity contribution in [3.63, 3.8) is 0 Å². The Balaban J connectivity index is 2.00. The summed E-state index contributed by atoms with van der Waals surface area (Å²) in [4.78, 5) is 0. The maximum Gasteiger partial charge on any atom is 0.161 e. The molecule has 2 nitrogen and oxygen atoms in total. The van der Waals surface area contributed by atoms with Gasteiger partial charge in [0.25, 0.3) is 0 Å². The van der Waals surface area contributed by atoms with E-state index in [1.54, 1.807) is 14.2 Å². The molecule has 0 aliphatic heterocycles. The van der Waals surface area contributed by atoms with Gasteiger partial charge in [-0.25, -0.2) is 0 Å². The molecule has 0 spiro atoms. The predicted molar refractivity (Wildman–Crippen MR) is 89.0 cm³/mol. The Morgan fingerprint density at radius 3 is 1.50 bits per heavy atom. The Kier molecular flexibility index (Phi) is 3.28. The van der Waals surface area contributed by atoms with Crippen LogP contribution in [0.4, 0.5) is 0 Å². The lowest BCUT2D eigenvalue weighted by atomic mass is 9.63. The minimum absolute atomic E-state index is 0.0974. The molecule has 0 radical (unpaired) electrons. The first-order valence-electron chi connectivity index (χ1n) is 7.30. The third kappa shape index (κ3) is 1.74. The first-order valence-corrected chi connectivity index (χ1v) is 8.17. The maximum atomic E-state index is 6.68. The number of hydrogen-bond donors (Lipinski definition) is 0. The second kappa shape index (κ2) is 5.07. The summed E-state index contributed by atoms with van der Waals surface area (Å²) in [6.07, 6.45) is 0. The quantitative estimate of drug-likeness (QED) is 0.752. The van der Waals surface area contributed by atoms with Crippen LogP contribution in [0.5, 0.6) is 11.5 Å². The SMILES string of the molecule is COc1cc2c(cc1OC)[C@H]1c3ccccc3[C@H]2[C@@H](Cl)[C@H]1Cl. The number of benzene rings is 2. The molecule has 0 saturated heterocycles. The van der Waals surface area contributed by atoms with Crippen LogP contribution in [-0.4, -0.2) is 25.0 Å². The Bertz CT molecular complexity index is 682. The lowest BCUT2D eigenvalue weighted by Gasteiger charge is -2.46. The Hall–Kier alpha value is -1.38. The van der Waals surface area contributed by atoms with Gasteiger partial charge in [-0.15, -0.1) is 23.2 Å². The van der Waals surface area contributed by atoms with Crippen molar-refractivity contribution in [2.24, 2.45) is 0 Å². The first kappa shape index (κ1) is 14.2. The molecule has 5 rings (SSSR count). The van der Waals surface area contributed by atoms with E-state index in [0.717, 1.165) is 11.5 Å². The van der Waals surface area contributed by atoms with Crippen molar-refractivity contribution in [3.05, 3.63) is 58.7 Å². The molecule has 3 aliphatic carbocycles. The second-order valence-corrected chi connectivity index (χ2v) is 6.82. The molecular weight excluding hydrogens is 319 g/mol. The Morgan fingerprint density at radius 1 is 0.727 bits per heavy atom. The molecule has 22 heavy (non-hydrogen) atoms. The summed E-state index contributed by atoms with van der Waals surface area (Å²) in [5, 5.41) is -0.237. The van der Waals surface area contributed by atoms with Gasteiger partial charge in [-0.3, -0.25) is 0 Å². The molecule has 4 atom stereocenters. The molecule has 2 bridgehead atoms. The summed E-state index contributed by atoms with van der Waals surface area (Å²) in [5.41, 5.74) is 4.98. The summed E-state index contributed by atoms with van der Waals surface area (Å²) >= 11 is 13.4. The number of fused-ring (bicyclic) bond motifs is 1. The molecule has 0 heterocycles. The number of ether oxygens (including phenoxy) is 2. The second-order valence-electron chi connectivity index (χ2n) is 5.81. The third-order valence-corrected chi connectivity index (χ3v) is 6.04. The predicted octanol–water partition coefficient (Wildman–Crippen LogP) is 4.51. The van der Waals surface area contributed by atoms with Gasteiger partial charge in [0.15, 0.2) is 11.5 Å². The van der Waals surface area contributed by atoms with E-state index in [-0.39, 0.29) is 22.6 Å². The monoisotopic (exact) mass is 334 g/mol. The van der Waals surface area contributed by atoms with Crippen molar-refractivity contribution in [2.75, 3.05) is 14.2 Å². The van der Waals surface area contributed by atoms with Crippen molar-refractivity contribution in [1.82, 2.24) is 0 Å². The fourth-order valence-electron chi connectivity index (χ4n) is 3.92. The minimum Gasteiger partial charge on any atom is -0.493 e. The van der Waals surface area contributed by atoms with Crippen molar-refractivity contribution in [1.29, 1.82) is 0 Å². The molecule has 3 aliphatic rings. The summed E-state index contributed by atoms with van der Waals surface area (Å²) in [6.45, 7) is 0. The van der Waals surface area contributed by atoms with Gasteiger partial charge in [-0.1, -0.05) is 24.3 Å². The molecule has 2 aromatic carbocycles. The van der Waals surface area contributed by atoms with E-state index >= 15 is 0 Å². The van der Waals surface area contributed by atoms with Gasteiger partial charge in [0, 0.05) is 11.8 Å². The van der Waals surface area contributed by atoms with Crippen LogP contribution in [0.2, 0.25) is 0 Å². The van der Waals surface area contributed by atoms with Crippen LogP contribution in [-0.2, 0) is 0 Å². The van der Waals surface area contributed by atoms with E-state index in [9.17, 15) is 0 Å². The van der Waals surface area contributed by atoms with Crippen molar-refractivity contribution in [3.8, 4) is 11.5 Å². The summed E-state index contributed by atoms with van der Waals surface area (Å²) in [6, 6.07) is 12.6. The highest BCUT2D eigenvalue weighted by Gasteiger charge is 2.48. The third-order valence-electron chi connectivity index (χ3n) is 4.87. The van der Waals surface area contributed by atoms with Crippen LogP contribution in [0.1, 0.15) is 34.1 Å². The van der Waals surface area contributed by atoms with Gasteiger partial charge >= 0.3 is 0 Å². The van der Waals surface area contributed by atoms with E-state index in [2.05, 4.69) is 36.4 Å². The van der Waals surface area contributed by atoms with Gasteiger partial charge in [-0.2, -0.15) is 0 Å². The summed E-state index contributed by atoms with van der Waals surface area (Å²) in [7, 11) is 3.31. The van der Waals surface area contributed by atoms with E-state index in [1.165, 1.54) is 22.3 Å². The summed E-state index contributed by atoms with van der Waals surface area (Å²) < 4.78 is 10.9. The van der Waals surface area contributed by atoms with Crippen molar-refractivity contribution < 1.29 is 9.47 Å². The van der Waals surface area contributed by atoms with Crippen molar-refractivity contribution >= 4 is 23.2 Å². The molecule has 0 unspecified atom stereocenters. The van der Waals surface area contributed by atoms with Crippen LogP contribution >= 0.6 is 23.2 Å². The minimum atomic E-state index is -0.118. The van der Waals surface area contributed by atoms with Gasteiger partial charge in [0.1, 0.15) is 0 Å². The highest BCUT2D eigenvalue weighted by atomic mass is 35.5. The van der Waals surface area contributed by atoms with Crippen LogP contribution in [0.15, 0.2) is 36.4 Å². The van der Waals surface area contributed by atoms with E-state index < -0.39 is 0 Å². The van der Waals surface area contributed by atoms with Crippen LogP contribution in [0.25, 0.3) is 0 Å². The normalized spacial score (nSPS) is 28.0. The lowest BCUT2D eigenvalue weighted by molar-refractivity contribution is 0.352. The Morgan fingerprint density at radius 2 is 1.14 bits per heavy atom. The van der Waals surface area contributed by atoms with Gasteiger partial charge in [-0.05, 0) is 34.4 Å². The maximum absolute atomic E-state index is 6.68. The molecule has 0 amide bonds. The molecular formula is C18H16Cl2O2. The number of methoxy groups -OCH3 is 2. The van der Waals surface area contributed by atoms with Crippen molar-refractivity contribution in [2.45, 2.75) is 22.6 Å². The molecule has 2 aromatic rings. The topological polar surface area (TPSA) is 18.5 Å².